The Bertz CT molecular complexity index is 608. The molecule has 0 radical (unpaired) electrons. The van der Waals surface area contributed by atoms with E-state index in [0.717, 1.165) is 23.3 Å². The Kier molecular flexibility index (Phi) is 3.60. The first-order valence-corrected chi connectivity index (χ1v) is 7.58. The second-order valence-corrected chi connectivity index (χ2v) is 5.88. The van der Waals surface area contributed by atoms with E-state index in [1.54, 1.807) is 17.4 Å². The highest BCUT2D eigenvalue weighted by atomic mass is 32.1. The predicted molar refractivity (Wildman–Crippen MR) is 80.8 cm³/mol. The summed E-state index contributed by atoms with van der Waals surface area (Å²) in [5, 5.41) is 2.02. The summed E-state index contributed by atoms with van der Waals surface area (Å²) in [4.78, 5) is 13.3. The summed E-state index contributed by atoms with van der Waals surface area (Å²) in [5.74, 6) is 0.0989. The van der Waals surface area contributed by atoms with Gasteiger partial charge in [-0.2, -0.15) is 0 Å². The van der Waals surface area contributed by atoms with Gasteiger partial charge in [-0.1, -0.05) is 18.2 Å². The number of benzene rings is 1. The Balaban J connectivity index is 1.80. The molecule has 0 spiro atoms. The van der Waals surface area contributed by atoms with Crippen LogP contribution in [0.2, 0.25) is 0 Å². The fourth-order valence-corrected chi connectivity index (χ4v) is 3.14. The number of hydrogen-bond acceptors (Lipinski definition) is 2. The van der Waals surface area contributed by atoms with E-state index in [-0.39, 0.29) is 5.78 Å². The Hall–Kier alpha value is -1.67. The topological polar surface area (TPSA) is 17.1 Å². The second-order valence-electron chi connectivity index (χ2n) is 4.90. The molecule has 0 N–H and O–H groups in total. The van der Waals surface area contributed by atoms with Gasteiger partial charge in [-0.15, -0.1) is 11.3 Å². The summed E-state index contributed by atoms with van der Waals surface area (Å²) in [6.07, 6.45) is 8.37. The zero-order valence-electron chi connectivity index (χ0n) is 10.8. The fourth-order valence-electron chi connectivity index (χ4n) is 2.53. The van der Waals surface area contributed by atoms with E-state index in [1.807, 2.05) is 29.7 Å². The van der Waals surface area contributed by atoms with Gasteiger partial charge < -0.3 is 0 Å². The number of thiophene rings is 1. The van der Waals surface area contributed by atoms with Crippen LogP contribution in [0.4, 0.5) is 0 Å². The molecule has 0 saturated heterocycles. The van der Waals surface area contributed by atoms with E-state index in [9.17, 15) is 4.79 Å². The maximum atomic E-state index is 12.1. The summed E-state index contributed by atoms with van der Waals surface area (Å²) < 4.78 is 0. The number of hydrogen-bond donors (Lipinski definition) is 0. The molecule has 0 saturated carbocycles. The SMILES string of the molecule is O=C(C=Cc1cccs1)c1ccc2c(c1)CCCC2. The van der Waals surface area contributed by atoms with Crippen LogP contribution in [0.1, 0.15) is 39.2 Å². The maximum absolute atomic E-state index is 12.1. The van der Waals surface area contributed by atoms with E-state index in [1.165, 1.54) is 24.0 Å². The van der Waals surface area contributed by atoms with Gasteiger partial charge in [0.1, 0.15) is 0 Å². The van der Waals surface area contributed by atoms with Gasteiger partial charge in [0, 0.05) is 10.4 Å². The monoisotopic (exact) mass is 268 g/mol. The van der Waals surface area contributed by atoms with Crippen LogP contribution in [0.3, 0.4) is 0 Å². The number of allylic oxidation sites excluding steroid dienone is 1. The predicted octanol–water partition coefficient (Wildman–Crippen LogP) is 4.52. The third kappa shape index (κ3) is 2.85. The van der Waals surface area contributed by atoms with Crippen LogP contribution in [0, 0.1) is 0 Å². The lowest BCUT2D eigenvalue weighted by molar-refractivity contribution is 0.104. The molecule has 1 aliphatic carbocycles. The molecule has 0 aliphatic heterocycles. The lowest BCUT2D eigenvalue weighted by Gasteiger charge is -2.15. The number of carbonyl (C=O) groups is 1. The van der Waals surface area contributed by atoms with Crippen LogP contribution in [-0.4, -0.2) is 5.78 Å². The van der Waals surface area contributed by atoms with E-state index in [4.69, 9.17) is 0 Å². The molecule has 1 nitrogen and oxygen atoms in total. The van der Waals surface area contributed by atoms with Crippen LogP contribution < -0.4 is 0 Å². The Morgan fingerprint density at radius 1 is 1.11 bits per heavy atom. The lowest BCUT2D eigenvalue weighted by atomic mass is 9.90. The van der Waals surface area contributed by atoms with E-state index in [0.29, 0.717) is 0 Å². The van der Waals surface area contributed by atoms with Gasteiger partial charge in [-0.3, -0.25) is 4.79 Å². The molecule has 96 valence electrons. The van der Waals surface area contributed by atoms with Crippen molar-refractivity contribution in [1.82, 2.24) is 0 Å². The van der Waals surface area contributed by atoms with Crippen molar-refractivity contribution >= 4 is 23.2 Å². The van der Waals surface area contributed by atoms with Crippen molar-refractivity contribution in [3.05, 3.63) is 63.4 Å². The third-order valence-corrected chi connectivity index (χ3v) is 4.41. The number of ketones is 1. The molecule has 2 heteroatoms. The Morgan fingerprint density at radius 2 is 1.95 bits per heavy atom. The third-order valence-electron chi connectivity index (χ3n) is 3.58. The normalized spacial score (nSPS) is 14.5. The molecule has 1 heterocycles. The number of fused-ring (bicyclic) bond motifs is 1. The molecule has 0 fully saturated rings. The van der Waals surface area contributed by atoms with Crippen molar-refractivity contribution in [2.75, 3.05) is 0 Å². The van der Waals surface area contributed by atoms with Crippen LogP contribution in [0.5, 0.6) is 0 Å². The van der Waals surface area contributed by atoms with Gasteiger partial charge >= 0.3 is 0 Å². The minimum absolute atomic E-state index is 0.0989. The van der Waals surface area contributed by atoms with Crippen LogP contribution in [0.15, 0.2) is 41.8 Å². The summed E-state index contributed by atoms with van der Waals surface area (Å²) in [6.45, 7) is 0. The summed E-state index contributed by atoms with van der Waals surface area (Å²) in [7, 11) is 0. The van der Waals surface area contributed by atoms with Gasteiger partial charge in [0.05, 0.1) is 0 Å². The Labute approximate surface area is 117 Å². The molecule has 1 aliphatic rings. The van der Waals surface area contributed by atoms with Crippen LogP contribution in [-0.2, 0) is 12.8 Å². The number of carbonyl (C=O) groups excluding carboxylic acids is 1. The van der Waals surface area contributed by atoms with Crippen LogP contribution in [0.25, 0.3) is 6.08 Å². The molecule has 2 aromatic rings. The Morgan fingerprint density at radius 3 is 2.74 bits per heavy atom. The van der Waals surface area contributed by atoms with Crippen molar-refractivity contribution in [2.45, 2.75) is 25.7 Å². The highest BCUT2D eigenvalue weighted by Gasteiger charge is 2.11. The zero-order valence-corrected chi connectivity index (χ0v) is 11.6. The first-order chi connectivity index (χ1) is 9.33. The number of aryl methyl sites for hydroxylation is 2. The number of rotatable bonds is 3. The molecular formula is C17H16OS. The van der Waals surface area contributed by atoms with Gasteiger partial charge in [0.15, 0.2) is 5.78 Å². The second kappa shape index (κ2) is 5.54. The first-order valence-electron chi connectivity index (χ1n) is 6.71. The molecule has 0 bridgehead atoms. The smallest absolute Gasteiger partial charge is 0.185 e. The average molecular weight is 268 g/mol. The van der Waals surface area contributed by atoms with Crippen molar-refractivity contribution in [3.63, 3.8) is 0 Å². The molecule has 19 heavy (non-hydrogen) atoms. The van der Waals surface area contributed by atoms with Gasteiger partial charge in [0.25, 0.3) is 0 Å². The van der Waals surface area contributed by atoms with E-state index >= 15 is 0 Å². The van der Waals surface area contributed by atoms with Gasteiger partial charge in [-0.05, 0) is 66.5 Å². The average Bonchev–Trinajstić information content (AvgIpc) is 2.97. The van der Waals surface area contributed by atoms with E-state index in [2.05, 4.69) is 12.1 Å². The van der Waals surface area contributed by atoms with Crippen LogP contribution >= 0.6 is 11.3 Å². The van der Waals surface area contributed by atoms with Gasteiger partial charge in [-0.25, -0.2) is 0 Å². The first kappa shape index (κ1) is 12.4. The minimum Gasteiger partial charge on any atom is -0.289 e. The summed E-state index contributed by atoms with van der Waals surface area (Å²) in [5.41, 5.74) is 3.60. The van der Waals surface area contributed by atoms with Crippen molar-refractivity contribution in [1.29, 1.82) is 0 Å². The molecular weight excluding hydrogens is 252 g/mol. The van der Waals surface area contributed by atoms with Crippen molar-refractivity contribution in [2.24, 2.45) is 0 Å². The lowest BCUT2D eigenvalue weighted by Crippen LogP contribution is -2.05. The molecule has 1 aromatic carbocycles. The highest BCUT2D eigenvalue weighted by Crippen LogP contribution is 2.22. The van der Waals surface area contributed by atoms with Crippen molar-refractivity contribution in [3.8, 4) is 0 Å². The zero-order chi connectivity index (χ0) is 13.1. The molecule has 0 unspecified atom stereocenters. The quantitative estimate of drug-likeness (QED) is 0.590. The van der Waals surface area contributed by atoms with E-state index < -0.39 is 0 Å². The molecule has 0 amide bonds. The fraction of sp³-hybridized carbons (Fsp3) is 0.235. The minimum atomic E-state index is 0.0989. The largest absolute Gasteiger partial charge is 0.289 e. The maximum Gasteiger partial charge on any atom is 0.185 e. The molecule has 1 aromatic heterocycles. The molecule has 0 atom stereocenters. The molecule has 3 rings (SSSR count). The van der Waals surface area contributed by atoms with Crippen molar-refractivity contribution < 1.29 is 4.79 Å². The summed E-state index contributed by atoms with van der Waals surface area (Å²) in [6, 6.07) is 10.2. The van der Waals surface area contributed by atoms with Gasteiger partial charge in [0.2, 0.25) is 0 Å². The standard InChI is InChI=1S/C17H16OS/c18-17(10-9-16-6-3-11-19-16)15-8-7-13-4-1-2-5-14(13)12-15/h3,6-12H,1-2,4-5H2. The highest BCUT2D eigenvalue weighted by molar-refractivity contribution is 7.10. The summed E-state index contributed by atoms with van der Waals surface area (Å²) >= 11 is 1.64.